The molecule has 1 aromatic carbocycles. The number of fused-ring (bicyclic) bond motifs is 2. The molecule has 0 spiro atoms. The largest absolute Gasteiger partial charge is 0.481 e. The van der Waals surface area contributed by atoms with E-state index in [0.717, 1.165) is 17.7 Å². The molecule has 3 amide bonds. The second-order valence-electron chi connectivity index (χ2n) is 7.07. The topological polar surface area (TPSA) is 95.0 Å². The van der Waals surface area contributed by atoms with E-state index in [2.05, 4.69) is 0 Å². The zero-order valence-electron chi connectivity index (χ0n) is 13.6. The lowest BCUT2D eigenvalue weighted by molar-refractivity contribution is -0.149. The summed E-state index contributed by atoms with van der Waals surface area (Å²) in [5.74, 6) is -2.21. The van der Waals surface area contributed by atoms with Gasteiger partial charge < -0.3 is 10.0 Å². The first-order valence-corrected chi connectivity index (χ1v) is 8.40. The zero-order valence-corrected chi connectivity index (χ0v) is 13.6. The molecule has 0 aromatic heterocycles. The number of rotatable bonds is 3. The van der Waals surface area contributed by atoms with E-state index < -0.39 is 23.2 Å². The monoisotopic (exact) mass is 342 g/mol. The molecule has 0 unspecified atom stereocenters. The summed E-state index contributed by atoms with van der Waals surface area (Å²) in [6.45, 7) is 0.206. The molecule has 4 rings (SSSR count). The summed E-state index contributed by atoms with van der Waals surface area (Å²) in [5.41, 5.74) is -0.251. The first kappa shape index (κ1) is 15.8. The highest BCUT2D eigenvalue weighted by Gasteiger charge is 2.56. The van der Waals surface area contributed by atoms with Crippen molar-refractivity contribution in [2.45, 2.75) is 19.3 Å². The van der Waals surface area contributed by atoms with Gasteiger partial charge in [-0.2, -0.15) is 0 Å². The number of carbonyl (C=O) groups excluding carboxylic acids is 3. The van der Waals surface area contributed by atoms with Crippen LogP contribution in [-0.2, 0) is 9.59 Å². The number of carboxylic acid groups (broad SMARTS) is 1. The molecular formula is C18H18N2O5. The molecule has 1 N–H and O–H groups in total. The fourth-order valence-electron chi connectivity index (χ4n) is 4.45. The first-order valence-electron chi connectivity index (χ1n) is 8.40. The van der Waals surface area contributed by atoms with Crippen molar-refractivity contribution in [1.29, 1.82) is 0 Å². The third-order valence-corrected chi connectivity index (χ3v) is 5.82. The molecule has 7 nitrogen and oxygen atoms in total. The Kier molecular flexibility index (Phi) is 3.42. The molecule has 2 fully saturated rings. The highest BCUT2D eigenvalue weighted by molar-refractivity contribution is 6.22. The number of benzene rings is 1. The Balaban J connectivity index is 1.50. The summed E-state index contributed by atoms with van der Waals surface area (Å²) in [5, 5.41) is 9.60. The molecule has 0 radical (unpaired) electrons. The molecule has 1 saturated carbocycles. The number of aliphatic carboxylic acids is 1. The van der Waals surface area contributed by atoms with Crippen LogP contribution in [-0.4, -0.2) is 58.2 Å². The first-order chi connectivity index (χ1) is 11.9. The van der Waals surface area contributed by atoms with Crippen LogP contribution in [0.3, 0.4) is 0 Å². The van der Waals surface area contributed by atoms with Crippen LogP contribution < -0.4 is 0 Å². The highest BCUT2D eigenvalue weighted by Crippen LogP contribution is 2.48. The van der Waals surface area contributed by atoms with Crippen molar-refractivity contribution in [1.82, 2.24) is 9.80 Å². The van der Waals surface area contributed by atoms with Gasteiger partial charge in [0.25, 0.3) is 11.8 Å². The Bertz CT molecular complexity index is 769. The summed E-state index contributed by atoms with van der Waals surface area (Å²) in [6.07, 6.45) is 2.23. The Hall–Kier alpha value is -2.70. The molecule has 3 aliphatic rings. The third-order valence-electron chi connectivity index (χ3n) is 5.82. The summed E-state index contributed by atoms with van der Waals surface area (Å²) < 4.78 is 0. The van der Waals surface area contributed by atoms with Crippen LogP contribution in [0, 0.1) is 11.3 Å². The minimum atomic E-state index is -0.863. The standard InChI is InChI=1S/C18H18N2O5/c21-14(19-8-11-4-3-7-18(11,10-19)17(24)25)9-20-15(22)12-5-1-2-6-13(12)16(20)23/h1-2,5-6,11H,3-4,7-10H2,(H,24,25)/t11-,18+/m0/s1. The maximum atomic E-state index is 12.6. The third kappa shape index (κ3) is 2.18. The van der Waals surface area contributed by atoms with Gasteiger partial charge in [-0.1, -0.05) is 18.6 Å². The quantitative estimate of drug-likeness (QED) is 0.827. The van der Waals surface area contributed by atoms with Crippen LogP contribution >= 0.6 is 0 Å². The van der Waals surface area contributed by atoms with Gasteiger partial charge in [0.1, 0.15) is 6.54 Å². The number of nitrogens with zero attached hydrogens (tertiary/aromatic N) is 2. The number of imide groups is 1. The van der Waals surface area contributed by atoms with Gasteiger partial charge in [0.15, 0.2) is 0 Å². The van der Waals surface area contributed by atoms with E-state index in [1.54, 1.807) is 24.3 Å². The second-order valence-corrected chi connectivity index (χ2v) is 7.07. The van der Waals surface area contributed by atoms with Crippen molar-refractivity contribution in [2.24, 2.45) is 11.3 Å². The number of hydrogen-bond donors (Lipinski definition) is 1. The van der Waals surface area contributed by atoms with Crippen LogP contribution in [0.4, 0.5) is 0 Å². The van der Waals surface area contributed by atoms with E-state index in [4.69, 9.17) is 0 Å². The smallest absolute Gasteiger partial charge is 0.311 e. The van der Waals surface area contributed by atoms with E-state index in [1.807, 2.05) is 0 Å². The van der Waals surface area contributed by atoms with Crippen LogP contribution in [0.15, 0.2) is 24.3 Å². The highest BCUT2D eigenvalue weighted by atomic mass is 16.4. The van der Waals surface area contributed by atoms with Gasteiger partial charge in [-0.15, -0.1) is 0 Å². The Morgan fingerprint density at radius 1 is 1.16 bits per heavy atom. The molecule has 1 saturated heterocycles. The van der Waals surface area contributed by atoms with Crippen LogP contribution in [0.1, 0.15) is 40.0 Å². The van der Waals surface area contributed by atoms with E-state index in [0.29, 0.717) is 24.1 Å². The molecular weight excluding hydrogens is 324 g/mol. The van der Waals surface area contributed by atoms with Crippen LogP contribution in [0.5, 0.6) is 0 Å². The molecule has 2 aliphatic heterocycles. The number of likely N-dealkylation sites (tertiary alicyclic amines) is 1. The molecule has 1 aliphatic carbocycles. The van der Waals surface area contributed by atoms with Gasteiger partial charge in [0.2, 0.25) is 5.91 Å². The lowest BCUT2D eigenvalue weighted by Crippen LogP contribution is -2.43. The van der Waals surface area contributed by atoms with Gasteiger partial charge >= 0.3 is 5.97 Å². The van der Waals surface area contributed by atoms with Crippen molar-refractivity contribution < 1.29 is 24.3 Å². The molecule has 25 heavy (non-hydrogen) atoms. The van der Waals surface area contributed by atoms with Crippen molar-refractivity contribution in [3.05, 3.63) is 35.4 Å². The van der Waals surface area contributed by atoms with Crippen molar-refractivity contribution in [2.75, 3.05) is 19.6 Å². The minimum absolute atomic E-state index is 0.0453. The van der Waals surface area contributed by atoms with Crippen molar-refractivity contribution >= 4 is 23.7 Å². The Labute approximate surface area is 144 Å². The second kappa shape index (κ2) is 5.40. The van der Waals surface area contributed by atoms with Crippen molar-refractivity contribution in [3.8, 4) is 0 Å². The maximum Gasteiger partial charge on any atom is 0.311 e. The minimum Gasteiger partial charge on any atom is -0.481 e. The van der Waals surface area contributed by atoms with E-state index >= 15 is 0 Å². The molecule has 2 atom stereocenters. The summed E-state index contributed by atoms with van der Waals surface area (Å²) >= 11 is 0. The average Bonchev–Trinajstić information content (AvgIpc) is 3.22. The fraction of sp³-hybridized carbons (Fsp3) is 0.444. The van der Waals surface area contributed by atoms with Crippen LogP contribution in [0.2, 0.25) is 0 Å². The van der Waals surface area contributed by atoms with E-state index in [-0.39, 0.29) is 24.9 Å². The fourth-order valence-corrected chi connectivity index (χ4v) is 4.45. The van der Waals surface area contributed by atoms with Crippen molar-refractivity contribution in [3.63, 3.8) is 0 Å². The predicted molar refractivity (Wildman–Crippen MR) is 85.8 cm³/mol. The number of carbonyl (C=O) groups is 4. The predicted octanol–water partition coefficient (Wildman–Crippen LogP) is 0.996. The summed E-state index contributed by atoms with van der Waals surface area (Å²) in [6, 6.07) is 6.49. The zero-order chi connectivity index (χ0) is 17.8. The molecule has 130 valence electrons. The lowest BCUT2D eigenvalue weighted by atomic mass is 9.81. The van der Waals surface area contributed by atoms with E-state index in [9.17, 15) is 24.3 Å². The van der Waals surface area contributed by atoms with Gasteiger partial charge in [-0.3, -0.25) is 24.1 Å². The molecule has 2 heterocycles. The Morgan fingerprint density at radius 2 is 1.80 bits per heavy atom. The number of amides is 3. The van der Waals surface area contributed by atoms with Crippen LogP contribution in [0.25, 0.3) is 0 Å². The molecule has 7 heteroatoms. The summed E-state index contributed by atoms with van der Waals surface area (Å²) in [7, 11) is 0. The van der Waals surface area contributed by atoms with Gasteiger partial charge in [-0.25, -0.2) is 0 Å². The van der Waals surface area contributed by atoms with Gasteiger partial charge in [0.05, 0.1) is 16.5 Å². The van der Waals surface area contributed by atoms with E-state index in [1.165, 1.54) is 4.90 Å². The Morgan fingerprint density at radius 3 is 2.36 bits per heavy atom. The SMILES string of the molecule is O=C(CN1C(=O)c2ccccc2C1=O)N1C[C@@H]2CCC[C@@]2(C(=O)O)C1. The lowest BCUT2D eigenvalue weighted by Gasteiger charge is -2.24. The van der Waals surface area contributed by atoms with Gasteiger partial charge in [-0.05, 0) is 30.9 Å². The molecule has 0 bridgehead atoms. The normalized spacial score (nSPS) is 27.6. The average molecular weight is 342 g/mol. The maximum absolute atomic E-state index is 12.6. The molecule has 1 aromatic rings. The van der Waals surface area contributed by atoms with Gasteiger partial charge in [0, 0.05) is 13.1 Å². The number of hydrogen-bond acceptors (Lipinski definition) is 4. The number of carboxylic acids is 1. The summed E-state index contributed by atoms with van der Waals surface area (Å²) in [4.78, 5) is 51.5.